The maximum absolute atomic E-state index is 5.59. The Hall–Kier alpha value is -0.610. The van der Waals surface area contributed by atoms with Gasteiger partial charge in [0.2, 0.25) is 0 Å². The number of nitrogens with one attached hydrogen (secondary N) is 1. The van der Waals surface area contributed by atoms with Crippen LogP contribution in [0.1, 0.15) is 31.2 Å². The Balaban J connectivity index is 2.12. The fourth-order valence-electron chi connectivity index (χ4n) is 2.08. The molecule has 1 saturated carbocycles. The van der Waals surface area contributed by atoms with E-state index in [1.54, 1.807) is 0 Å². The third-order valence-electron chi connectivity index (χ3n) is 2.97. The van der Waals surface area contributed by atoms with Crippen LogP contribution in [0.3, 0.4) is 0 Å². The van der Waals surface area contributed by atoms with Gasteiger partial charge < -0.3 is 11.1 Å². The van der Waals surface area contributed by atoms with Crippen LogP contribution in [0.2, 0.25) is 0 Å². The van der Waals surface area contributed by atoms with E-state index in [-0.39, 0.29) is 0 Å². The lowest BCUT2D eigenvalue weighted by Crippen LogP contribution is -2.15. The van der Waals surface area contributed by atoms with Crippen molar-refractivity contribution in [3.8, 4) is 0 Å². The molecule has 1 aliphatic carbocycles. The van der Waals surface area contributed by atoms with Crippen LogP contribution >= 0.6 is 28.1 Å². The Kier molecular flexibility index (Phi) is 3.82. The topological polar surface area (TPSA) is 38.0 Å². The summed E-state index contributed by atoms with van der Waals surface area (Å²) in [5.74, 6) is 0. The molecule has 0 aromatic heterocycles. The first-order chi connectivity index (χ1) is 7.66. The summed E-state index contributed by atoms with van der Waals surface area (Å²) in [6.07, 6.45) is 5.20. The average molecular weight is 299 g/mol. The molecule has 2 nitrogen and oxygen atoms in total. The SMILES string of the molecule is NC(=S)c1ccc(NC2CCCC2)c(Br)c1. The van der Waals surface area contributed by atoms with Gasteiger partial charge in [0.05, 0.1) is 0 Å². The first-order valence-corrected chi connectivity index (χ1v) is 6.73. The summed E-state index contributed by atoms with van der Waals surface area (Å²) in [4.78, 5) is 0.438. The fraction of sp³-hybridized carbons (Fsp3) is 0.417. The van der Waals surface area contributed by atoms with Gasteiger partial charge in [-0.25, -0.2) is 0 Å². The second-order valence-electron chi connectivity index (χ2n) is 4.18. The first-order valence-electron chi connectivity index (χ1n) is 5.52. The quantitative estimate of drug-likeness (QED) is 0.840. The van der Waals surface area contributed by atoms with Crippen LogP contribution in [0.15, 0.2) is 22.7 Å². The highest BCUT2D eigenvalue weighted by atomic mass is 79.9. The molecule has 1 aromatic carbocycles. The zero-order valence-electron chi connectivity index (χ0n) is 9.00. The summed E-state index contributed by atoms with van der Waals surface area (Å²) in [6.45, 7) is 0. The van der Waals surface area contributed by atoms with Crippen molar-refractivity contribution in [1.29, 1.82) is 0 Å². The van der Waals surface area contributed by atoms with Crippen molar-refractivity contribution in [2.45, 2.75) is 31.7 Å². The third kappa shape index (κ3) is 2.74. The van der Waals surface area contributed by atoms with E-state index in [2.05, 4.69) is 21.2 Å². The molecule has 0 bridgehead atoms. The molecule has 1 fully saturated rings. The number of hydrogen-bond donors (Lipinski definition) is 2. The van der Waals surface area contributed by atoms with E-state index in [9.17, 15) is 0 Å². The van der Waals surface area contributed by atoms with Crippen molar-refractivity contribution < 1.29 is 0 Å². The van der Waals surface area contributed by atoms with Gasteiger partial charge in [0.15, 0.2) is 0 Å². The predicted octanol–water partition coefficient (Wildman–Crippen LogP) is 3.44. The average Bonchev–Trinajstić information content (AvgIpc) is 2.73. The molecule has 0 saturated heterocycles. The van der Waals surface area contributed by atoms with Crippen LogP contribution in [0, 0.1) is 0 Å². The maximum Gasteiger partial charge on any atom is 0.104 e. The van der Waals surface area contributed by atoms with Gasteiger partial charge >= 0.3 is 0 Å². The zero-order valence-corrected chi connectivity index (χ0v) is 11.4. The molecule has 0 spiro atoms. The van der Waals surface area contributed by atoms with Gasteiger partial charge in [0.1, 0.15) is 4.99 Å². The van der Waals surface area contributed by atoms with Crippen molar-refractivity contribution in [2.75, 3.05) is 5.32 Å². The highest BCUT2D eigenvalue weighted by molar-refractivity contribution is 9.10. The lowest BCUT2D eigenvalue weighted by atomic mass is 10.2. The normalized spacial score (nSPS) is 16.3. The molecule has 86 valence electrons. The Morgan fingerprint density at radius 3 is 2.62 bits per heavy atom. The predicted molar refractivity (Wildman–Crippen MR) is 75.9 cm³/mol. The Bertz CT molecular complexity index is 400. The molecule has 1 aliphatic rings. The summed E-state index contributed by atoms with van der Waals surface area (Å²) in [7, 11) is 0. The van der Waals surface area contributed by atoms with Gasteiger partial charge in [-0.05, 0) is 47.0 Å². The molecule has 16 heavy (non-hydrogen) atoms. The Morgan fingerprint density at radius 1 is 1.38 bits per heavy atom. The smallest absolute Gasteiger partial charge is 0.104 e. The molecule has 0 radical (unpaired) electrons. The second-order valence-corrected chi connectivity index (χ2v) is 5.48. The minimum absolute atomic E-state index is 0.438. The third-order valence-corrected chi connectivity index (χ3v) is 3.86. The second kappa shape index (κ2) is 5.15. The van der Waals surface area contributed by atoms with Crippen molar-refractivity contribution in [1.82, 2.24) is 0 Å². The van der Waals surface area contributed by atoms with E-state index in [1.807, 2.05) is 18.2 Å². The van der Waals surface area contributed by atoms with E-state index < -0.39 is 0 Å². The summed E-state index contributed by atoms with van der Waals surface area (Å²) in [5.41, 5.74) is 7.62. The van der Waals surface area contributed by atoms with Gasteiger partial charge in [0.25, 0.3) is 0 Å². The molecular formula is C12H15BrN2S. The molecule has 4 heteroatoms. The van der Waals surface area contributed by atoms with Crippen LogP contribution in [-0.2, 0) is 0 Å². The number of benzene rings is 1. The van der Waals surface area contributed by atoms with Gasteiger partial charge in [0, 0.05) is 21.8 Å². The van der Waals surface area contributed by atoms with E-state index in [1.165, 1.54) is 25.7 Å². The fourth-order valence-corrected chi connectivity index (χ4v) is 2.70. The van der Waals surface area contributed by atoms with Crippen molar-refractivity contribution in [3.05, 3.63) is 28.2 Å². The summed E-state index contributed by atoms with van der Waals surface area (Å²) in [5, 5.41) is 3.54. The number of halogens is 1. The highest BCUT2D eigenvalue weighted by Crippen LogP contribution is 2.28. The molecular weight excluding hydrogens is 284 g/mol. The molecule has 0 atom stereocenters. The van der Waals surface area contributed by atoms with E-state index in [4.69, 9.17) is 18.0 Å². The minimum Gasteiger partial charge on any atom is -0.389 e. The summed E-state index contributed by atoms with van der Waals surface area (Å²) in [6, 6.07) is 6.59. The van der Waals surface area contributed by atoms with Crippen molar-refractivity contribution >= 4 is 38.8 Å². The molecule has 0 unspecified atom stereocenters. The van der Waals surface area contributed by atoms with Gasteiger partial charge in [-0.15, -0.1) is 0 Å². The van der Waals surface area contributed by atoms with Gasteiger partial charge in [-0.2, -0.15) is 0 Å². The number of rotatable bonds is 3. The molecule has 1 aromatic rings. The van der Waals surface area contributed by atoms with E-state index >= 15 is 0 Å². The largest absolute Gasteiger partial charge is 0.389 e. The Morgan fingerprint density at radius 2 is 2.06 bits per heavy atom. The number of hydrogen-bond acceptors (Lipinski definition) is 2. The summed E-state index contributed by atoms with van der Waals surface area (Å²) < 4.78 is 1.03. The lowest BCUT2D eigenvalue weighted by molar-refractivity contribution is 0.755. The van der Waals surface area contributed by atoms with Gasteiger partial charge in [-0.3, -0.25) is 0 Å². The standard InChI is InChI=1S/C12H15BrN2S/c13-10-7-8(12(14)16)5-6-11(10)15-9-3-1-2-4-9/h5-7,9,15H,1-4H2,(H2,14,16). The van der Waals surface area contributed by atoms with Crippen molar-refractivity contribution in [3.63, 3.8) is 0 Å². The van der Waals surface area contributed by atoms with E-state index in [0.717, 1.165) is 15.7 Å². The Labute approximate surface area is 110 Å². The molecule has 3 N–H and O–H groups in total. The van der Waals surface area contributed by atoms with Crippen LogP contribution in [0.25, 0.3) is 0 Å². The first kappa shape index (κ1) is 11.9. The monoisotopic (exact) mass is 298 g/mol. The molecule has 0 heterocycles. The van der Waals surface area contributed by atoms with Crippen LogP contribution < -0.4 is 11.1 Å². The minimum atomic E-state index is 0.438. The molecule has 2 rings (SSSR count). The van der Waals surface area contributed by atoms with Crippen LogP contribution in [0.4, 0.5) is 5.69 Å². The molecule has 0 aliphatic heterocycles. The van der Waals surface area contributed by atoms with Crippen molar-refractivity contribution in [2.24, 2.45) is 5.73 Å². The van der Waals surface area contributed by atoms with E-state index in [0.29, 0.717) is 11.0 Å². The number of nitrogens with two attached hydrogens (primary N) is 1. The number of anilines is 1. The van der Waals surface area contributed by atoms with Crippen LogP contribution in [0.5, 0.6) is 0 Å². The van der Waals surface area contributed by atoms with Gasteiger partial charge in [-0.1, -0.05) is 25.1 Å². The highest BCUT2D eigenvalue weighted by Gasteiger charge is 2.15. The maximum atomic E-state index is 5.59. The zero-order chi connectivity index (χ0) is 11.5. The number of thiocarbonyl (C=S) groups is 1. The molecule has 0 amide bonds. The van der Waals surface area contributed by atoms with Crippen LogP contribution in [-0.4, -0.2) is 11.0 Å². The lowest BCUT2D eigenvalue weighted by Gasteiger charge is -2.15. The summed E-state index contributed by atoms with van der Waals surface area (Å²) >= 11 is 8.49.